The van der Waals surface area contributed by atoms with E-state index < -0.39 is 6.61 Å². The minimum Gasteiger partial charge on any atom is -0.435 e. The van der Waals surface area contributed by atoms with Gasteiger partial charge in [-0.15, -0.1) is 0 Å². The first-order chi connectivity index (χ1) is 9.54. The molecule has 0 fully saturated rings. The highest BCUT2D eigenvalue weighted by Gasteiger charge is 2.05. The van der Waals surface area contributed by atoms with Gasteiger partial charge in [-0.25, -0.2) is 0 Å². The Kier molecular flexibility index (Phi) is 5.20. The van der Waals surface area contributed by atoms with Crippen molar-refractivity contribution < 1.29 is 13.5 Å². The molecule has 2 rings (SSSR count). The summed E-state index contributed by atoms with van der Waals surface area (Å²) in [5, 5.41) is 3.77. The van der Waals surface area contributed by atoms with E-state index >= 15 is 0 Å². The average molecular weight is 363 g/mol. The zero-order chi connectivity index (χ0) is 14.5. The number of halogens is 4. The van der Waals surface area contributed by atoms with Gasteiger partial charge in [-0.05, 0) is 35.9 Å². The minimum atomic E-state index is -2.83. The summed E-state index contributed by atoms with van der Waals surface area (Å²) in [5.41, 5.74) is 1.66. The zero-order valence-corrected chi connectivity index (χ0v) is 12.6. The minimum absolute atomic E-state index is 0.121. The van der Waals surface area contributed by atoms with E-state index in [0.29, 0.717) is 17.3 Å². The highest BCUT2D eigenvalue weighted by atomic mass is 79.9. The molecule has 0 amide bonds. The Morgan fingerprint density at radius 3 is 2.75 bits per heavy atom. The van der Waals surface area contributed by atoms with Gasteiger partial charge in [0.25, 0.3) is 0 Å². The molecule has 0 aliphatic carbocycles. The van der Waals surface area contributed by atoms with E-state index in [1.807, 2.05) is 12.1 Å². The maximum Gasteiger partial charge on any atom is 0.387 e. The van der Waals surface area contributed by atoms with Gasteiger partial charge in [-0.2, -0.15) is 8.78 Å². The molecule has 0 aliphatic rings. The fraction of sp³-hybridized carbons (Fsp3) is 0.143. The number of hydrogen-bond donors (Lipinski definition) is 1. The summed E-state index contributed by atoms with van der Waals surface area (Å²) < 4.78 is 29.5. The van der Waals surface area contributed by atoms with Crippen LogP contribution in [0.15, 0.2) is 46.9 Å². The highest BCUT2D eigenvalue weighted by molar-refractivity contribution is 9.10. The molecule has 6 heteroatoms. The SMILES string of the molecule is FC(F)Oc1cccc(NCc2cc(Cl)ccc2Br)c1. The lowest BCUT2D eigenvalue weighted by atomic mass is 10.2. The summed E-state index contributed by atoms with van der Waals surface area (Å²) in [6.07, 6.45) is 0. The van der Waals surface area contributed by atoms with Crippen LogP contribution in [-0.4, -0.2) is 6.61 Å². The molecule has 0 aliphatic heterocycles. The van der Waals surface area contributed by atoms with Gasteiger partial charge >= 0.3 is 6.61 Å². The van der Waals surface area contributed by atoms with Gasteiger partial charge in [-0.1, -0.05) is 33.6 Å². The Hall–Kier alpha value is -1.33. The molecule has 0 spiro atoms. The van der Waals surface area contributed by atoms with Gasteiger partial charge < -0.3 is 10.1 Å². The number of anilines is 1. The number of benzene rings is 2. The van der Waals surface area contributed by atoms with Crippen molar-refractivity contribution in [2.75, 3.05) is 5.32 Å². The number of ether oxygens (including phenoxy) is 1. The third-order valence-corrected chi connectivity index (χ3v) is 3.56. The van der Waals surface area contributed by atoms with E-state index in [9.17, 15) is 8.78 Å². The second kappa shape index (κ2) is 6.90. The molecule has 106 valence electrons. The average Bonchev–Trinajstić information content (AvgIpc) is 2.39. The van der Waals surface area contributed by atoms with Crippen molar-refractivity contribution in [3.05, 3.63) is 57.5 Å². The van der Waals surface area contributed by atoms with Crippen LogP contribution in [0.3, 0.4) is 0 Å². The molecule has 2 nitrogen and oxygen atoms in total. The Balaban J connectivity index is 2.05. The molecule has 2 aromatic rings. The number of hydrogen-bond acceptors (Lipinski definition) is 2. The largest absolute Gasteiger partial charge is 0.435 e. The lowest BCUT2D eigenvalue weighted by Crippen LogP contribution is -2.03. The molecule has 0 saturated carbocycles. The first kappa shape index (κ1) is 15.1. The van der Waals surface area contributed by atoms with E-state index in [-0.39, 0.29) is 5.75 Å². The van der Waals surface area contributed by atoms with E-state index in [1.54, 1.807) is 18.2 Å². The molecule has 0 unspecified atom stereocenters. The molecule has 1 N–H and O–H groups in total. The summed E-state index contributed by atoms with van der Waals surface area (Å²) in [7, 11) is 0. The van der Waals surface area contributed by atoms with Crippen LogP contribution in [0.4, 0.5) is 14.5 Å². The maximum atomic E-state index is 12.1. The molecule has 0 radical (unpaired) electrons. The highest BCUT2D eigenvalue weighted by Crippen LogP contribution is 2.24. The van der Waals surface area contributed by atoms with Gasteiger partial charge in [-0.3, -0.25) is 0 Å². The van der Waals surface area contributed by atoms with Crippen LogP contribution in [-0.2, 0) is 6.54 Å². The Morgan fingerprint density at radius 2 is 2.00 bits per heavy atom. The van der Waals surface area contributed by atoms with E-state index in [1.165, 1.54) is 12.1 Å². The van der Waals surface area contributed by atoms with Crippen molar-refractivity contribution in [3.63, 3.8) is 0 Å². The van der Waals surface area contributed by atoms with Crippen LogP contribution < -0.4 is 10.1 Å². The molecule has 0 bridgehead atoms. The van der Waals surface area contributed by atoms with Crippen molar-refractivity contribution in [2.24, 2.45) is 0 Å². The second-order valence-corrected chi connectivity index (χ2v) is 5.29. The summed E-state index contributed by atoms with van der Waals surface area (Å²) in [6, 6.07) is 11.9. The predicted molar refractivity (Wildman–Crippen MR) is 79.6 cm³/mol. The Morgan fingerprint density at radius 1 is 1.20 bits per heavy atom. The molecule has 0 aromatic heterocycles. The van der Waals surface area contributed by atoms with Crippen LogP contribution in [0.2, 0.25) is 5.02 Å². The predicted octanol–water partition coefficient (Wildman–Crippen LogP) is 5.32. The maximum absolute atomic E-state index is 12.1. The van der Waals surface area contributed by atoms with Crippen LogP contribution in [0.25, 0.3) is 0 Å². The van der Waals surface area contributed by atoms with Crippen LogP contribution in [0, 0.1) is 0 Å². The van der Waals surface area contributed by atoms with E-state index in [0.717, 1.165) is 10.0 Å². The lowest BCUT2D eigenvalue weighted by Gasteiger charge is -2.10. The number of rotatable bonds is 5. The van der Waals surface area contributed by atoms with Crippen molar-refractivity contribution in [1.29, 1.82) is 0 Å². The van der Waals surface area contributed by atoms with Gasteiger partial charge in [0, 0.05) is 27.8 Å². The van der Waals surface area contributed by atoms with Crippen molar-refractivity contribution in [3.8, 4) is 5.75 Å². The topological polar surface area (TPSA) is 21.3 Å². The van der Waals surface area contributed by atoms with E-state index in [2.05, 4.69) is 26.0 Å². The van der Waals surface area contributed by atoms with Gasteiger partial charge in [0.15, 0.2) is 0 Å². The molecule has 2 aromatic carbocycles. The van der Waals surface area contributed by atoms with Gasteiger partial charge in [0.1, 0.15) is 5.75 Å². The van der Waals surface area contributed by atoms with Crippen LogP contribution in [0.1, 0.15) is 5.56 Å². The lowest BCUT2D eigenvalue weighted by molar-refractivity contribution is -0.0498. The standard InChI is InChI=1S/C14H11BrClF2NO/c15-13-5-4-10(16)6-9(13)8-19-11-2-1-3-12(7-11)20-14(17)18/h1-7,14,19H,8H2. The fourth-order valence-electron chi connectivity index (χ4n) is 1.66. The first-order valence-corrected chi connectivity index (χ1v) is 6.94. The van der Waals surface area contributed by atoms with Crippen molar-refractivity contribution >= 4 is 33.2 Å². The van der Waals surface area contributed by atoms with E-state index in [4.69, 9.17) is 11.6 Å². The smallest absolute Gasteiger partial charge is 0.387 e. The Labute approximate surface area is 128 Å². The monoisotopic (exact) mass is 361 g/mol. The summed E-state index contributed by atoms with van der Waals surface area (Å²) >= 11 is 9.36. The van der Waals surface area contributed by atoms with Gasteiger partial charge in [0.05, 0.1) is 0 Å². The molecule has 20 heavy (non-hydrogen) atoms. The third-order valence-electron chi connectivity index (χ3n) is 2.55. The quantitative estimate of drug-likeness (QED) is 0.777. The van der Waals surface area contributed by atoms with Crippen molar-refractivity contribution in [2.45, 2.75) is 13.2 Å². The number of alkyl halides is 2. The van der Waals surface area contributed by atoms with Crippen molar-refractivity contribution in [1.82, 2.24) is 0 Å². The first-order valence-electron chi connectivity index (χ1n) is 5.77. The summed E-state index contributed by atoms with van der Waals surface area (Å²) in [6.45, 7) is -2.31. The van der Waals surface area contributed by atoms with Crippen LogP contribution in [0.5, 0.6) is 5.75 Å². The normalized spacial score (nSPS) is 10.7. The number of nitrogens with one attached hydrogen (secondary N) is 1. The van der Waals surface area contributed by atoms with Crippen LogP contribution >= 0.6 is 27.5 Å². The second-order valence-electron chi connectivity index (χ2n) is 4.00. The summed E-state index contributed by atoms with van der Waals surface area (Å²) in [5.74, 6) is 0.121. The Bertz CT molecular complexity index is 595. The molecule has 0 atom stereocenters. The molecule has 0 heterocycles. The fourth-order valence-corrected chi connectivity index (χ4v) is 2.24. The molecular formula is C14H11BrClF2NO. The zero-order valence-electron chi connectivity index (χ0n) is 10.2. The summed E-state index contributed by atoms with van der Waals surface area (Å²) in [4.78, 5) is 0. The molecule has 0 saturated heterocycles. The molecular weight excluding hydrogens is 352 g/mol. The third kappa shape index (κ3) is 4.35. The van der Waals surface area contributed by atoms with Gasteiger partial charge in [0.2, 0.25) is 0 Å².